The van der Waals surface area contributed by atoms with Gasteiger partial charge in [-0.2, -0.15) is 0 Å². The molecule has 42 heavy (non-hydrogen) atoms. The molecule has 1 spiro atoms. The van der Waals surface area contributed by atoms with Gasteiger partial charge in [-0.3, -0.25) is 14.4 Å². The van der Waals surface area contributed by atoms with Crippen molar-refractivity contribution >= 4 is 23.4 Å². The van der Waals surface area contributed by atoms with Crippen molar-refractivity contribution in [1.82, 2.24) is 10.2 Å². The van der Waals surface area contributed by atoms with Crippen LogP contribution in [0.1, 0.15) is 58.4 Å². The summed E-state index contributed by atoms with van der Waals surface area (Å²) in [5.74, 6) is -1.79. The number of carbonyl (C=O) groups excluding carboxylic acids is 3. The lowest BCUT2D eigenvalue weighted by molar-refractivity contribution is -0.150. The number of aliphatic hydroxyl groups excluding tert-OH is 1. The summed E-state index contributed by atoms with van der Waals surface area (Å²) >= 11 is 0. The van der Waals surface area contributed by atoms with Gasteiger partial charge in [0.15, 0.2) is 0 Å². The van der Waals surface area contributed by atoms with Crippen molar-refractivity contribution in [3.8, 4) is 5.75 Å². The number of nitrogens with one attached hydrogen (secondary N) is 2. The van der Waals surface area contributed by atoms with Crippen LogP contribution in [0, 0.1) is 11.8 Å². The summed E-state index contributed by atoms with van der Waals surface area (Å²) in [6, 6.07) is 15.2. The zero-order valence-corrected chi connectivity index (χ0v) is 24.8. The molecule has 226 valence electrons. The van der Waals surface area contributed by atoms with Gasteiger partial charge in [0, 0.05) is 12.2 Å². The smallest absolute Gasteiger partial charge is 0.245 e. The first-order chi connectivity index (χ1) is 20.3. The van der Waals surface area contributed by atoms with Crippen molar-refractivity contribution in [2.75, 3.05) is 25.1 Å². The summed E-state index contributed by atoms with van der Waals surface area (Å²) in [4.78, 5) is 44.0. The Labute approximate surface area is 248 Å². The van der Waals surface area contributed by atoms with Crippen molar-refractivity contribution in [3.05, 3.63) is 60.2 Å². The van der Waals surface area contributed by atoms with Crippen molar-refractivity contribution in [3.63, 3.8) is 0 Å². The number of hydrogen-bond donors (Lipinski definition) is 3. The normalized spacial score (nSPS) is 28.4. The highest BCUT2D eigenvalue weighted by Crippen LogP contribution is 2.64. The number of benzene rings is 2. The van der Waals surface area contributed by atoms with Crippen LogP contribution in [0.25, 0.3) is 0 Å². The Hall–Kier alpha value is -3.43. The highest BCUT2D eigenvalue weighted by Gasteiger charge is 2.79. The van der Waals surface area contributed by atoms with Crippen molar-refractivity contribution in [2.45, 2.75) is 82.6 Å². The molecule has 9 nitrogen and oxygen atoms in total. The summed E-state index contributed by atoms with van der Waals surface area (Å²) in [7, 11) is 0. The van der Waals surface area contributed by atoms with E-state index in [1.165, 1.54) is 0 Å². The third-order valence-electron chi connectivity index (χ3n) is 9.33. The first kappa shape index (κ1) is 30.0. The molecule has 9 heteroatoms. The molecule has 3 aliphatic rings. The van der Waals surface area contributed by atoms with E-state index in [1.807, 2.05) is 51.1 Å². The van der Waals surface area contributed by atoms with Gasteiger partial charge in [0.25, 0.3) is 0 Å². The lowest BCUT2D eigenvalue weighted by atomic mass is 9.65. The fourth-order valence-electron chi connectivity index (χ4n) is 7.39. The van der Waals surface area contributed by atoms with Gasteiger partial charge in [-0.05, 0) is 68.9 Å². The summed E-state index contributed by atoms with van der Waals surface area (Å²) in [6.07, 6.45) is 3.71. The number of nitrogens with zero attached hydrogens (tertiary/aromatic N) is 1. The fourth-order valence-corrected chi connectivity index (χ4v) is 7.39. The summed E-state index contributed by atoms with van der Waals surface area (Å²) < 4.78 is 12.4. The number of rotatable bonds is 13. The topological polar surface area (TPSA) is 117 Å². The molecule has 0 radical (unpaired) electrons. The SMILES string of the molecule is CCCCNC(=O)C1N([C@@H](CO)Cc2ccccc2)C(=O)[C@@H]2[C@@H](C(=O)Nc3ccc(OCC)cc3)[C@@]3(CC)CCC12O3. The maximum absolute atomic E-state index is 14.5. The Morgan fingerprint density at radius 2 is 1.81 bits per heavy atom. The molecule has 3 N–H and O–H groups in total. The molecule has 5 rings (SSSR count). The van der Waals surface area contributed by atoms with Gasteiger partial charge >= 0.3 is 0 Å². The second kappa shape index (κ2) is 12.4. The molecule has 0 aromatic heterocycles. The number of hydrogen-bond acceptors (Lipinski definition) is 6. The van der Waals surface area contributed by atoms with E-state index in [0.29, 0.717) is 50.3 Å². The zero-order chi connectivity index (χ0) is 29.9. The van der Waals surface area contributed by atoms with E-state index >= 15 is 0 Å². The Balaban J connectivity index is 1.50. The van der Waals surface area contributed by atoms with Crippen LogP contribution in [0.4, 0.5) is 5.69 Å². The average molecular weight is 578 g/mol. The predicted octanol–water partition coefficient (Wildman–Crippen LogP) is 3.70. The fraction of sp³-hybridized carbons (Fsp3) is 0.545. The van der Waals surface area contributed by atoms with E-state index in [2.05, 4.69) is 10.6 Å². The molecule has 2 aromatic rings. The minimum absolute atomic E-state index is 0.287. The minimum Gasteiger partial charge on any atom is -0.494 e. The van der Waals surface area contributed by atoms with E-state index in [-0.39, 0.29) is 24.3 Å². The molecule has 3 aliphatic heterocycles. The van der Waals surface area contributed by atoms with E-state index in [9.17, 15) is 19.5 Å². The van der Waals surface area contributed by atoms with E-state index in [1.54, 1.807) is 29.2 Å². The van der Waals surface area contributed by atoms with Crippen LogP contribution in [0.5, 0.6) is 5.75 Å². The Morgan fingerprint density at radius 3 is 2.45 bits per heavy atom. The van der Waals surface area contributed by atoms with Crippen LogP contribution < -0.4 is 15.4 Å². The van der Waals surface area contributed by atoms with Crippen LogP contribution in [0.2, 0.25) is 0 Å². The lowest BCUT2D eigenvalue weighted by Crippen LogP contribution is -2.58. The van der Waals surface area contributed by atoms with Gasteiger partial charge in [-0.15, -0.1) is 0 Å². The highest BCUT2D eigenvalue weighted by atomic mass is 16.5. The number of fused-ring (bicyclic) bond motifs is 1. The van der Waals surface area contributed by atoms with Gasteiger partial charge in [0.05, 0.1) is 36.7 Å². The van der Waals surface area contributed by atoms with Gasteiger partial charge in [-0.25, -0.2) is 0 Å². The summed E-state index contributed by atoms with van der Waals surface area (Å²) in [5.41, 5.74) is -0.448. The second-order valence-corrected chi connectivity index (χ2v) is 11.7. The molecule has 2 unspecified atom stereocenters. The molecular formula is C33H43N3O6. The Morgan fingerprint density at radius 1 is 1.07 bits per heavy atom. The van der Waals surface area contributed by atoms with Crippen molar-refractivity contribution in [1.29, 1.82) is 0 Å². The molecule has 2 aromatic carbocycles. The molecule has 3 saturated heterocycles. The van der Waals surface area contributed by atoms with Gasteiger partial charge in [0.1, 0.15) is 17.4 Å². The Bertz CT molecular complexity index is 1270. The Kier molecular flexibility index (Phi) is 8.89. The molecule has 2 bridgehead atoms. The number of anilines is 1. The van der Waals surface area contributed by atoms with Crippen molar-refractivity contribution < 1.29 is 29.0 Å². The molecule has 0 saturated carbocycles. The number of unbranched alkanes of at least 4 members (excludes halogenated alkanes) is 1. The average Bonchev–Trinajstić information content (AvgIpc) is 3.61. The monoisotopic (exact) mass is 577 g/mol. The third-order valence-corrected chi connectivity index (χ3v) is 9.33. The first-order valence-corrected chi connectivity index (χ1v) is 15.3. The standard InChI is InChI=1S/C33H43N3O6/c1-4-7-19-34-30(39)28-33-18-17-32(5-2,42-33)26(29(38)35-23-13-15-25(16-14-23)41-6-3)27(33)31(40)36(28)24(21-37)20-22-11-9-8-10-12-22/h8-16,24,26-28,37H,4-7,17-21H2,1-3H3,(H,34,39)(H,35,38)/t24-,26+,27+,28?,32-,33?/m1/s1. The molecule has 3 fully saturated rings. The van der Waals surface area contributed by atoms with Crippen LogP contribution in [-0.4, -0.2) is 70.8 Å². The number of ether oxygens (including phenoxy) is 2. The summed E-state index contributed by atoms with van der Waals surface area (Å²) in [5, 5.41) is 16.6. The number of likely N-dealkylation sites (tertiary alicyclic amines) is 1. The highest BCUT2D eigenvalue weighted by molar-refractivity contribution is 6.02. The van der Waals surface area contributed by atoms with E-state index in [4.69, 9.17) is 9.47 Å². The molecule has 6 atom stereocenters. The van der Waals surface area contributed by atoms with E-state index < -0.39 is 35.1 Å². The molecular weight excluding hydrogens is 534 g/mol. The third kappa shape index (κ3) is 5.17. The predicted molar refractivity (Wildman–Crippen MR) is 159 cm³/mol. The van der Waals surface area contributed by atoms with Crippen LogP contribution in [0.3, 0.4) is 0 Å². The van der Waals surface area contributed by atoms with Gasteiger partial charge < -0.3 is 30.1 Å². The van der Waals surface area contributed by atoms with E-state index in [0.717, 1.165) is 18.4 Å². The number of carbonyl (C=O) groups is 3. The van der Waals surface area contributed by atoms with Gasteiger partial charge in [-0.1, -0.05) is 50.6 Å². The van der Waals surface area contributed by atoms with Crippen LogP contribution >= 0.6 is 0 Å². The molecule has 0 aliphatic carbocycles. The largest absolute Gasteiger partial charge is 0.494 e. The zero-order valence-electron chi connectivity index (χ0n) is 24.8. The maximum atomic E-state index is 14.5. The van der Waals surface area contributed by atoms with Gasteiger partial charge in [0.2, 0.25) is 17.7 Å². The van der Waals surface area contributed by atoms with Crippen LogP contribution in [0.15, 0.2) is 54.6 Å². The lowest BCUT2D eigenvalue weighted by Gasteiger charge is -2.37. The minimum atomic E-state index is -1.14. The first-order valence-electron chi connectivity index (χ1n) is 15.3. The molecule has 3 amide bonds. The second-order valence-electron chi connectivity index (χ2n) is 11.7. The quantitative estimate of drug-likeness (QED) is 0.313. The summed E-state index contributed by atoms with van der Waals surface area (Å²) in [6.45, 7) is 6.64. The maximum Gasteiger partial charge on any atom is 0.245 e. The number of aliphatic hydroxyl groups is 1. The van der Waals surface area contributed by atoms with Crippen molar-refractivity contribution in [2.24, 2.45) is 11.8 Å². The molecule has 3 heterocycles. The van der Waals surface area contributed by atoms with Crippen LogP contribution in [-0.2, 0) is 25.5 Å². The number of amides is 3.